The average molecular weight is 945 g/mol. The second-order valence-corrected chi connectivity index (χ2v) is 17.9. The maximum atomic E-state index is 4.64. The van der Waals surface area contributed by atoms with E-state index >= 15 is 0 Å². The Morgan fingerprint density at radius 1 is 0.667 bits per heavy atom. The van der Waals surface area contributed by atoms with Gasteiger partial charge in [-0.25, -0.2) is 9.97 Å². The topological polar surface area (TPSA) is 165 Å². The van der Waals surface area contributed by atoms with E-state index in [4.69, 9.17) is 0 Å². The van der Waals surface area contributed by atoms with E-state index in [1.807, 2.05) is 69.0 Å². The Morgan fingerprint density at radius 3 is 1.65 bits per heavy atom. The van der Waals surface area contributed by atoms with Crippen LogP contribution >= 0.6 is 22.7 Å². The summed E-state index contributed by atoms with van der Waals surface area (Å²) in [4.78, 5) is 27.9. The fourth-order valence-corrected chi connectivity index (χ4v) is 9.52. The number of rotatable bonds is 16. The Balaban J connectivity index is 0.000000172. The molecule has 14 heteroatoms. The molecule has 10 aromatic heterocycles. The van der Waals surface area contributed by atoms with Gasteiger partial charge in [-0.3, -0.25) is 20.2 Å². The second-order valence-electron chi connectivity index (χ2n) is 16.0. The van der Waals surface area contributed by atoms with Gasteiger partial charge in [-0.2, -0.15) is 10.2 Å². The minimum Gasteiger partial charge on any atom is -0.359 e. The summed E-state index contributed by atoms with van der Waals surface area (Å²) in [6.45, 7) is 21.8. The lowest BCUT2D eigenvalue weighted by Crippen LogP contribution is -2.15. The number of fused-ring (bicyclic) bond motifs is 4. The molecule has 0 fully saturated rings. The van der Waals surface area contributed by atoms with Crippen molar-refractivity contribution in [1.82, 2.24) is 60.9 Å². The highest BCUT2D eigenvalue weighted by atomic mass is 32.1. The van der Waals surface area contributed by atoms with E-state index in [1.165, 1.54) is 0 Å². The van der Waals surface area contributed by atoms with Gasteiger partial charge in [-0.05, 0) is 115 Å². The fraction of sp³-hybridized carbons (Fsp3) is 0.127. The minimum absolute atomic E-state index is 0.667. The number of aromatic amines is 4. The Labute approximate surface area is 408 Å². The first-order chi connectivity index (χ1) is 33.8. The predicted molar refractivity (Wildman–Crippen MR) is 290 cm³/mol. The van der Waals surface area contributed by atoms with Crippen molar-refractivity contribution in [2.75, 3.05) is 13.1 Å². The normalized spacial score (nSPS) is 12.5. The highest BCUT2D eigenvalue weighted by molar-refractivity contribution is 7.13. The van der Waals surface area contributed by atoms with Crippen molar-refractivity contribution in [3.05, 3.63) is 180 Å². The molecule has 10 rings (SSSR count). The fourth-order valence-electron chi connectivity index (χ4n) is 8.05. The number of aromatic nitrogens is 10. The molecule has 0 atom stereocenters. The lowest BCUT2D eigenvalue weighted by Gasteiger charge is -2.10. The molecule has 10 heterocycles. The monoisotopic (exact) mass is 944 g/mol. The minimum atomic E-state index is 0.667. The summed E-state index contributed by atoms with van der Waals surface area (Å²) in [6, 6.07) is 20.8. The molecular formula is C55H52N12S2. The Morgan fingerprint density at radius 2 is 1.20 bits per heavy atom. The van der Waals surface area contributed by atoms with E-state index in [9.17, 15) is 0 Å². The Bertz CT molecular complexity index is 3590. The highest BCUT2D eigenvalue weighted by Crippen LogP contribution is 2.37. The molecule has 0 amide bonds. The number of H-pyrrole nitrogens is 4. The number of nitrogens with zero attached hydrogens (tertiary/aromatic N) is 6. The lowest BCUT2D eigenvalue weighted by atomic mass is 10.0. The van der Waals surface area contributed by atoms with E-state index < -0.39 is 0 Å². The maximum Gasteiger partial charge on any atom is 0.181 e. The van der Waals surface area contributed by atoms with Crippen molar-refractivity contribution in [3.63, 3.8) is 0 Å². The van der Waals surface area contributed by atoms with Crippen LogP contribution in [0, 0.1) is 0 Å². The second kappa shape index (κ2) is 20.9. The van der Waals surface area contributed by atoms with Crippen molar-refractivity contribution in [1.29, 1.82) is 0 Å². The third-order valence-corrected chi connectivity index (χ3v) is 13.5. The molecule has 0 unspecified atom stereocenters. The number of hydrogen-bond donors (Lipinski definition) is 6. The number of nitrogens with one attached hydrogen (secondary N) is 6. The third-order valence-electron chi connectivity index (χ3n) is 11.7. The first kappa shape index (κ1) is 46.1. The molecule has 0 aliphatic heterocycles. The van der Waals surface area contributed by atoms with Crippen LogP contribution in [-0.4, -0.2) is 63.4 Å². The molecular weight excluding hydrogens is 893 g/mol. The molecule has 0 radical (unpaired) electrons. The molecule has 6 N–H and O–H groups in total. The van der Waals surface area contributed by atoms with Crippen molar-refractivity contribution < 1.29 is 0 Å². The van der Waals surface area contributed by atoms with Crippen LogP contribution in [0.2, 0.25) is 0 Å². The Kier molecular flexibility index (Phi) is 13.9. The lowest BCUT2D eigenvalue weighted by molar-refractivity contribution is 0.785. The van der Waals surface area contributed by atoms with Crippen LogP contribution in [0.15, 0.2) is 169 Å². The molecule has 0 spiro atoms. The summed E-state index contributed by atoms with van der Waals surface area (Å²) in [5.41, 5.74) is 16.2. The van der Waals surface area contributed by atoms with Gasteiger partial charge < -0.3 is 20.6 Å². The average Bonchev–Trinajstić information content (AvgIpc) is 4.25. The quantitative estimate of drug-likeness (QED) is 0.0521. The van der Waals surface area contributed by atoms with Crippen LogP contribution in [0.5, 0.6) is 0 Å². The van der Waals surface area contributed by atoms with Gasteiger partial charge in [0.2, 0.25) is 0 Å². The van der Waals surface area contributed by atoms with Crippen molar-refractivity contribution in [2.45, 2.75) is 34.1 Å². The number of hydrogen-bond acceptors (Lipinski definition) is 10. The molecule has 12 nitrogen and oxygen atoms in total. The van der Waals surface area contributed by atoms with Crippen molar-refractivity contribution in [3.8, 4) is 43.9 Å². The van der Waals surface area contributed by atoms with E-state index in [1.54, 1.807) is 28.7 Å². The zero-order valence-corrected chi connectivity index (χ0v) is 40.6. The third kappa shape index (κ3) is 9.72. The van der Waals surface area contributed by atoms with Crippen LogP contribution in [0.1, 0.15) is 45.2 Å². The smallest absolute Gasteiger partial charge is 0.181 e. The number of thiophene rings is 2. The van der Waals surface area contributed by atoms with E-state index in [0.717, 1.165) is 135 Å². The summed E-state index contributed by atoms with van der Waals surface area (Å²) in [7, 11) is 0. The van der Waals surface area contributed by atoms with Gasteiger partial charge in [0.25, 0.3) is 0 Å². The largest absolute Gasteiger partial charge is 0.359 e. The van der Waals surface area contributed by atoms with E-state index in [2.05, 4.69) is 166 Å². The molecule has 0 aliphatic rings. The van der Waals surface area contributed by atoms with Crippen LogP contribution < -0.4 is 10.6 Å². The highest BCUT2D eigenvalue weighted by Gasteiger charge is 2.18. The zero-order chi connectivity index (χ0) is 47.9. The molecule has 69 heavy (non-hydrogen) atoms. The summed E-state index contributed by atoms with van der Waals surface area (Å²) < 4.78 is 0. The van der Waals surface area contributed by atoms with Crippen molar-refractivity contribution in [2.24, 2.45) is 0 Å². The summed E-state index contributed by atoms with van der Waals surface area (Å²) in [6.07, 6.45) is 20.3. The molecule has 10 aromatic rings. The van der Waals surface area contributed by atoms with Crippen LogP contribution in [0.4, 0.5) is 0 Å². The first-order valence-corrected chi connectivity index (χ1v) is 24.5. The van der Waals surface area contributed by atoms with E-state index in [0.29, 0.717) is 11.3 Å². The van der Waals surface area contributed by atoms with E-state index in [-0.39, 0.29) is 0 Å². The van der Waals surface area contributed by atoms with Gasteiger partial charge in [-0.15, -0.1) is 22.7 Å². The van der Waals surface area contributed by atoms with Gasteiger partial charge in [0.1, 0.15) is 0 Å². The van der Waals surface area contributed by atoms with Crippen LogP contribution in [-0.2, 0) is 0 Å². The van der Waals surface area contributed by atoms with Crippen LogP contribution in [0.25, 0.3) is 98.9 Å². The maximum absolute atomic E-state index is 4.64. The van der Waals surface area contributed by atoms with Gasteiger partial charge in [0.15, 0.2) is 11.3 Å². The van der Waals surface area contributed by atoms with Gasteiger partial charge in [0.05, 0.1) is 43.9 Å². The summed E-state index contributed by atoms with van der Waals surface area (Å²) in [5.74, 6) is 0. The van der Waals surface area contributed by atoms with Gasteiger partial charge >= 0.3 is 0 Å². The molecule has 0 saturated heterocycles. The van der Waals surface area contributed by atoms with Crippen molar-refractivity contribution >= 4 is 77.7 Å². The molecule has 344 valence electrons. The first-order valence-electron chi connectivity index (χ1n) is 22.7. The standard InChI is InChI=1S/C28H26N6S.C27H26N6S/c1-5-17(4)31-20(7-3)13-18(6-2)19-14-22-26(33-34-28(22)30-16-19)24-15-21-23(32-24)10-11-29-27(21)25-9-8-12-35-25;1-4-17(15-28-6-3)12-18(5-2)19-13-21-25(32-33-27(21)30-16-19)23-14-20-22(31-23)9-10-29-26(20)24-8-7-11-34-24/h6-16,31-32H,3-5H2,1-2H3,(H,30,33,34);4-5,7-14,16,28,31H,1,6,15H2,2-3H3,(H,30,32,33)/b18-6+,20-13+;17-12+,18-5+. The molecule has 0 saturated carbocycles. The van der Waals surface area contributed by atoms with Crippen LogP contribution in [0.3, 0.4) is 0 Å². The summed E-state index contributed by atoms with van der Waals surface area (Å²) in [5, 5.41) is 30.1. The number of allylic oxidation sites excluding steroid dienone is 8. The molecule has 0 aliphatic carbocycles. The van der Waals surface area contributed by atoms with Gasteiger partial charge in [-0.1, -0.05) is 70.0 Å². The number of likely N-dealkylation sites (N-methyl/N-ethyl adjacent to an activating group) is 1. The zero-order valence-electron chi connectivity index (χ0n) is 38.9. The summed E-state index contributed by atoms with van der Waals surface area (Å²) >= 11 is 3.37. The number of pyridine rings is 4. The van der Waals surface area contributed by atoms with Gasteiger partial charge in [0, 0.05) is 86.4 Å². The SMILES string of the molecule is C=C/C(=C\C(=C/C)c1cnc2n[nH]c(-c3cc4c(-c5cccs5)nccc4[nH]3)c2c1)CNCC.C=C/C(=C\C(=C/C)c1cnc2n[nH]c(-c3cc4c(-c5cccs5)nccc4[nH]3)c2c1)NC(=C)CC. The molecule has 0 bridgehead atoms. The molecule has 0 aromatic carbocycles. The Hall–Kier alpha value is -8.04. The predicted octanol–water partition coefficient (Wildman–Crippen LogP) is 13.6.